The Morgan fingerprint density at radius 3 is 2.72 bits per heavy atom. The van der Waals surface area contributed by atoms with E-state index in [1.54, 1.807) is 20.8 Å². The molecule has 0 N–H and O–H groups in total. The molecule has 0 aliphatic rings. The predicted molar refractivity (Wildman–Crippen MR) is 89.3 cm³/mol. The third-order valence-corrected chi connectivity index (χ3v) is 4.62. The highest BCUT2D eigenvalue weighted by molar-refractivity contribution is 7.20. The zero-order valence-electron chi connectivity index (χ0n) is 13.7. The van der Waals surface area contributed by atoms with Crippen molar-refractivity contribution in [1.82, 2.24) is 9.97 Å². The number of rotatable bonds is 4. The molecule has 0 fully saturated rings. The molecule has 0 saturated carbocycles. The maximum absolute atomic E-state index is 13.9. The highest BCUT2D eigenvalue weighted by Gasteiger charge is 2.22. The van der Waals surface area contributed by atoms with Gasteiger partial charge in [0, 0.05) is 0 Å². The molecule has 1 aromatic carbocycles. The second kappa shape index (κ2) is 6.72. The number of nitrogens with zero attached hydrogens (tertiary/aromatic N) is 2. The standard InChI is InChI=1S/C17H14F2N2O3S/c1-4-23-17(22)14-8(2)12-15(20-9(3)21-16(12)25-14)24-11-7-5-6-10(18)13(11)19/h5-7H,4H2,1-3H3. The molecule has 0 spiro atoms. The average molecular weight is 364 g/mol. The Bertz CT molecular complexity index is 972. The Balaban J connectivity index is 2.14. The Labute approximate surface area is 146 Å². The van der Waals surface area contributed by atoms with E-state index < -0.39 is 17.6 Å². The van der Waals surface area contributed by atoms with Crippen LogP contribution < -0.4 is 4.74 Å². The lowest BCUT2D eigenvalue weighted by Crippen LogP contribution is -2.03. The third kappa shape index (κ3) is 3.17. The van der Waals surface area contributed by atoms with E-state index in [0.717, 1.165) is 17.4 Å². The molecule has 0 atom stereocenters. The monoisotopic (exact) mass is 364 g/mol. The fourth-order valence-corrected chi connectivity index (χ4v) is 3.45. The first-order valence-corrected chi connectivity index (χ1v) is 8.30. The lowest BCUT2D eigenvalue weighted by molar-refractivity contribution is 0.0531. The highest BCUT2D eigenvalue weighted by atomic mass is 32.1. The molecule has 0 bridgehead atoms. The summed E-state index contributed by atoms with van der Waals surface area (Å²) in [4.78, 5) is 21.4. The van der Waals surface area contributed by atoms with Gasteiger partial charge in [0.2, 0.25) is 11.7 Å². The fraction of sp³-hybridized carbons (Fsp3) is 0.235. The Morgan fingerprint density at radius 2 is 2.00 bits per heavy atom. The van der Waals surface area contributed by atoms with Crippen molar-refractivity contribution in [2.45, 2.75) is 20.8 Å². The SMILES string of the molecule is CCOC(=O)c1sc2nc(C)nc(Oc3cccc(F)c3F)c2c1C. The van der Waals surface area contributed by atoms with Crippen LogP contribution in [-0.4, -0.2) is 22.5 Å². The van der Waals surface area contributed by atoms with Gasteiger partial charge in [-0.25, -0.2) is 14.2 Å². The second-order valence-corrected chi connectivity index (χ2v) is 6.19. The highest BCUT2D eigenvalue weighted by Crippen LogP contribution is 2.37. The summed E-state index contributed by atoms with van der Waals surface area (Å²) in [5, 5.41) is 0.474. The van der Waals surface area contributed by atoms with Crippen LogP contribution in [0.3, 0.4) is 0 Å². The first kappa shape index (κ1) is 17.2. The molecular formula is C17H14F2N2O3S. The number of halogens is 2. The van der Waals surface area contributed by atoms with E-state index in [9.17, 15) is 13.6 Å². The molecule has 2 aromatic heterocycles. The van der Waals surface area contributed by atoms with Crippen molar-refractivity contribution in [2.75, 3.05) is 6.61 Å². The molecule has 0 aliphatic carbocycles. The summed E-state index contributed by atoms with van der Waals surface area (Å²) >= 11 is 1.14. The molecule has 2 heterocycles. The van der Waals surface area contributed by atoms with Gasteiger partial charge < -0.3 is 9.47 Å². The Kier molecular flexibility index (Phi) is 4.63. The van der Waals surface area contributed by atoms with Gasteiger partial charge in [-0.3, -0.25) is 0 Å². The number of fused-ring (bicyclic) bond motifs is 1. The van der Waals surface area contributed by atoms with Crippen LogP contribution in [0.4, 0.5) is 8.78 Å². The van der Waals surface area contributed by atoms with Gasteiger partial charge in [0.15, 0.2) is 11.6 Å². The summed E-state index contributed by atoms with van der Waals surface area (Å²) < 4.78 is 37.9. The molecule has 0 aliphatic heterocycles. The van der Waals surface area contributed by atoms with Crippen molar-refractivity contribution < 1.29 is 23.0 Å². The van der Waals surface area contributed by atoms with Crippen molar-refractivity contribution in [3.05, 3.63) is 46.1 Å². The summed E-state index contributed by atoms with van der Waals surface area (Å²) in [6, 6.07) is 3.64. The van der Waals surface area contributed by atoms with Crippen molar-refractivity contribution in [2.24, 2.45) is 0 Å². The molecular weight excluding hydrogens is 350 g/mol. The summed E-state index contributed by atoms with van der Waals surface area (Å²) in [6.07, 6.45) is 0. The number of hydrogen-bond acceptors (Lipinski definition) is 6. The Morgan fingerprint density at radius 1 is 1.24 bits per heavy atom. The molecule has 3 rings (SSSR count). The van der Waals surface area contributed by atoms with Gasteiger partial charge in [0.1, 0.15) is 15.5 Å². The number of aryl methyl sites for hydroxylation is 2. The number of ether oxygens (including phenoxy) is 2. The lowest BCUT2D eigenvalue weighted by atomic mass is 10.2. The average Bonchev–Trinajstić information content (AvgIpc) is 2.89. The summed E-state index contributed by atoms with van der Waals surface area (Å²) in [7, 11) is 0. The zero-order chi connectivity index (χ0) is 18.1. The fourth-order valence-electron chi connectivity index (χ4n) is 2.34. The number of esters is 1. The lowest BCUT2D eigenvalue weighted by Gasteiger charge is -2.08. The van der Waals surface area contributed by atoms with Crippen LogP contribution in [0.25, 0.3) is 10.2 Å². The minimum Gasteiger partial charge on any atom is -0.462 e. The van der Waals surface area contributed by atoms with Crippen LogP contribution in [0.5, 0.6) is 11.6 Å². The first-order chi connectivity index (χ1) is 11.9. The number of benzene rings is 1. The molecule has 0 amide bonds. The number of hydrogen-bond donors (Lipinski definition) is 0. The van der Waals surface area contributed by atoms with E-state index in [-0.39, 0.29) is 18.2 Å². The minimum absolute atomic E-state index is 0.0660. The molecule has 0 radical (unpaired) electrons. The number of thiophene rings is 1. The maximum atomic E-state index is 13.9. The van der Waals surface area contributed by atoms with E-state index in [1.165, 1.54) is 12.1 Å². The van der Waals surface area contributed by atoms with Gasteiger partial charge in [-0.1, -0.05) is 6.07 Å². The van der Waals surface area contributed by atoms with E-state index in [4.69, 9.17) is 9.47 Å². The van der Waals surface area contributed by atoms with E-state index in [2.05, 4.69) is 9.97 Å². The molecule has 8 heteroatoms. The van der Waals surface area contributed by atoms with Crippen molar-refractivity contribution in [3.8, 4) is 11.6 Å². The summed E-state index contributed by atoms with van der Waals surface area (Å²) in [5.74, 6) is -2.43. The minimum atomic E-state index is -1.11. The normalized spacial score (nSPS) is 10.9. The van der Waals surface area contributed by atoms with Gasteiger partial charge in [0.05, 0.1) is 12.0 Å². The van der Waals surface area contributed by atoms with Crippen molar-refractivity contribution in [3.63, 3.8) is 0 Å². The van der Waals surface area contributed by atoms with Crippen LogP contribution in [0.15, 0.2) is 18.2 Å². The van der Waals surface area contributed by atoms with Crippen LogP contribution in [0.2, 0.25) is 0 Å². The van der Waals surface area contributed by atoms with Crippen LogP contribution in [0.1, 0.15) is 28.0 Å². The largest absolute Gasteiger partial charge is 0.462 e. The summed E-state index contributed by atoms with van der Waals surface area (Å²) in [6.45, 7) is 5.31. The zero-order valence-corrected chi connectivity index (χ0v) is 14.5. The molecule has 0 unspecified atom stereocenters. The van der Waals surface area contributed by atoms with E-state index in [0.29, 0.717) is 26.5 Å². The molecule has 0 saturated heterocycles. The van der Waals surface area contributed by atoms with Crippen LogP contribution in [0, 0.1) is 25.5 Å². The smallest absolute Gasteiger partial charge is 0.348 e. The molecule has 3 aromatic rings. The summed E-state index contributed by atoms with van der Waals surface area (Å²) in [5.41, 5.74) is 0.574. The molecule has 5 nitrogen and oxygen atoms in total. The topological polar surface area (TPSA) is 61.3 Å². The van der Waals surface area contributed by atoms with Crippen LogP contribution >= 0.6 is 11.3 Å². The number of carbonyl (C=O) groups excluding carboxylic acids is 1. The van der Waals surface area contributed by atoms with Gasteiger partial charge in [-0.15, -0.1) is 11.3 Å². The number of aromatic nitrogens is 2. The van der Waals surface area contributed by atoms with E-state index >= 15 is 0 Å². The maximum Gasteiger partial charge on any atom is 0.348 e. The second-order valence-electron chi connectivity index (χ2n) is 5.19. The van der Waals surface area contributed by atoms with Gasteiger partial charge in [-0.05, 0) is 38.5 Å². The first-order valence-electron chi connectivity index (χ1n) is 7.49. The van der Waals surface area contributed by atoms with Gasteiger partial charge >= 0.3 is 5.97 Å². The quantitative estimate of drug-likeness (QED) is 0.635. The predicted octanol–water partition coefficient (Wildman–Crippen LogP) is 4.56. The number of carbonyl (C=O) groups is 1. The van der Waals surface area contributed by atoms with Gasteiger partial charge in [0.25, 0.3) is 0 Å². The van der Waals surface area contributed by atoms with Crippen molar-refractivity contribution in [1.29, 1.82) is 0 Å². The van der Waals surface area contributed by atoms with E-state index in [1.807, 2.05) is 0 Å². The van der Waals surface area contributed by atoms with Crippen LogP contribution in [-0.2, 0) is 4.74 Å². The molecule has 25 heavy (non-hydrogen) atoms. The third-order valence-electron chi connectivity index (χ3n) is 3.45. The van der Waals surface area contributed by atoms with Gasteiger partial charge in [-0.2, -0.15) is 9.37 Å². The Hall–Kier alpha value is -2.61. The van der Waals surface area contributed by atoms with Crippen molar-refractivity contribution >= 4 is 27.5 Å². The molecule has 130 valence electrons.